The van der Waals surface area contributed by atoms with E-state index in [0.717, 1.165) is 38.2 Å². The molecule has 2 rings (SSSR count). The van der Waals surface area contributed by atoms with E-state index in [1.807, 2.05) is 0 Å². The summed E-state index contributed by atoms with van der Waals surface area (Å²) in [5.41, 5.74) is 5.55. The van der Waals surface area contributed by atoms with E-state index in [1.165, 1.54) is 12.1 Å². The number of rotatable bonds is 2. The molecule has 0 heterocycles. The number of alkyl halides is 3. The van der Waals surface area contributed by atoms with Crippen molar-refractivity contribution in [3.05, 3.63) is 34.3 Å². The van der Waals surface area contributed by atoms with Crippen molar-refractivity contribution in [3.63, 3.8) is 0 Å². The molecule has 0 spiro atoms. The van der Waals surface area contributed by atoms with Gasteiger partial charge in [-0.2, -0.15) is 13.2 Å². The van der Waals surface area contributed by atoms with Gasteiger partial charge in [-0.15, -0.1) is 0 Å². The molecule has 1 aliphatic rings. The molecule has 0 bridgehead atoms. The summed E-state index contributed by atoms with van der Waals surface area (Å²) in [5, 5.41) is 0.0897. The molecule has 5 heteroatoms. The molecule has 1 aromatic carbocycles. The highest BCUT2D eigenvalue weighted by atomic mass is 35.5. The van der Waals surface area contributed by atoms with E-state index in [1.54, 1.807) is 0 Å². The first-order chi connectivity index (χ1) is 8.89. The highest BCUT2D eigenvalue weighted by Gasteiger charge is 2.36. The van der Waals surface area contributed by atoms with Crippen molar-refractivity contribution in [2.24, 2.45) is 11.7 Å². The first kappa shape index (κ1) is 14.7. The van der Waals surface area contributed by atoms with Crippen molar-refractivity contribution in [1.29, 1.82) is 0 Å². The van der Waals surface area contributed by atoms with Gasteiger partial charge < -0.3 is 5.73 Å². The zero-order valence-electron chi connectivity index (χ0n) is 10.5. The van der Waals surface area contributed by atoms with E-state index in [4.69, 9.17) is 17.3 Å². The van der Waals surface area contributed by atoms with E-state index in [-0.39, 0.29) is 16.5 Å². The van der Waals surface area contributed by atoms with Crippen molar-refractivity contribution in [2.75, 3.05) is 0 Å². The van der Waals surface area contributed by atoms with Crippen LogP contribution in [0, 0.1) is 5.92 Å². The lowest BCUT2D eigenvalue weighted by atomic mass is 9.80. The van der Waals surface area contributed by atoms with Crippen LogP contribution in [0.4, 0.5) is 13.2 Å². The summed E-state index contributed by atoms with van der Waals surface area (Å²) in [6, 6.07) is 3.31. The van der Waals surface area contributed by atoms with Crippen LogP contribution < -0.4 is 5.73 Å². The maximum absolute atomic E-state index is 13.0. The molecule has 1 nitrogen and oxygen atoms in total. The lowest BCUT2D eigenvalue weighted by molar-refractivity contribution is -0.138. The number of halogens is 4. The zero-order valence-corrected chi connectivity index (χ0v) is 11.3. The summed E-state index contributed by atoms with van der Waals surface area (Å²) in [6.45, 7) is 0. The molecule has 0 aromatic heterocycles. The molecule has 0 radical (unpaired) electrons. The summed E-state index contributed by atoms with van der Waals surface area (Å²) in [5.74, 6) is 0.135. The van der Waals surface area contributed by atoms with Gasteiger partial charge in [0.15, 0.2) is 0 Å². The van der Waals surface area contributed by atoms with Crippen LogP contribution in [-0.4, -0.2) is 0 Å². The third-order valence-electron chi connectivity index (χ3n) is 3.84. The standard InChI is InChI=1S/C14H17ClF3N/c15-10-6-7-11(12(8-10)14(16,17)18)13(19)9-4-2-1-3-5-9/h6-9,13H,1-5,19H2/t13-/m0/s1. The van der Waals surface area contributed by atoms with Gasteiger partial charge in [0, 0.05) is 11.1 Å². The normalized spacial score (nSPS) is 19.4. The van der Waals surface area contributed by atoms with Gasteiger partial charge >= 0.3 is 6.18 Å². The molecular formula is C14H17ClF3N. The van der Waals surface area contributed by atoms with Gasteiger partial charge in [0.25, 0.3) is 0 Å². The third-order valence-corrected chi connectivity index (χ3v) is 4.07. The summed E-state index contributed by atoms with van der Waals surface area (Å²) in [6.07, 6.45) is 0.644. The quantitative estimate of drug-likeness (QED) is 0.820. The molecule has 19 heavy (non-hydrogen) atoms. The molecule has 0 unspecified atom stereocenters. The predicted molar refractivity (Wildman–Crippen MR) is 70.0 cm³/mol. The van der Waals surface area contributed by atoms with Gasteiger partial charge in [-0.3, -0.25) is 0 Å². The monoisotopic (exact) mass is 291 g/mol. The molecule has 0 saturated heterocycles. The first-order valence-corrected chi connectivity index (χ1v) is 6.89. The molecule has 1 aromatic rings. The summed E-state index contributed by atoms with van der Waals surface area (Å²) in [4.78, 5) is 0. The maximum Gasteiger partial charge on any atom is 0.416 e. The Kier molecular flexibility index (Phi) is 4.41. The molecule has 1 atom stereocenters. The molecule has 106 valence electrons. The molecule has 0 amide bonds. The van der Waals surface area contributed by atoms with Crippen LogP contribution in [-0.2, 0) is 6.18 Å². The fourth-order valence-corrected chi connectivity index (χ4v) is 2.98. The summed E-state index contributed by atoms with van der Waals surface area (Å²) in [7, 11) is 0. The number of hydrogen-bond donors (Lipinski definition) is 1. The van der Waals surface area contributed by atoms with Gasteiger partial charge in [0.1, 0.15) is 0 Å². The van der Waals surface area contributed by atoms with Crippen molar-refractivity contribution in [1.82, 2.24) is 0 Å². The molecule has 0 aliphatic heterocycles. The smallest absolute Gasteiger partial charge is 0.324 e. The van der Waals surface area contributed by atoms with Crippen LogP contribution in [0.5, 0.6) is 0 Å². The molecule has 2 N–H and O–H groups in total. The van der Waals surface area contributed by atoms with E-state index in [9.17, 15) is 13.2 Å². The lowest BCUT2D eigenvalue weighted by Crippen LogP contribution is -2.26. The Balaban J connectivity index is 2.32. The van der Waals surface area contributed by atoms with E-state index >= 15 is 0 Å². The molecule has 1 saturated carbocycles. The van der Waals surface area contributed by atoms with Crippen molar-refractivity contribution >= 4 is 11.6 Å². The Morgan fingerprint density at radius 1 is 1.16 bits per heavy atom. The van der Waals surface area contributed by atoms with Gasteiger partial charge in [0.05, 0.1) is 5.56 Å². The summed E-state index contributed by atoms with van der Waals surface area (Å²) < 4.78 is 39.1. The third kappa shape index (κ3) is 3.42. The largest absolute Gasteiger partial charge is 0.416 e. The fourth-order valence-electron chi connectivity index (χ4n) is 2.81. The second kappa shape index (κ2) is 5.71. The van der Waals surface area contributed by atoms with Gasteiger partial charge in [-0.25, -0.2) is 0 Å². The SMILES string of the molecule is N[C@H](c1ccc(Cl)cc1C(F)(F)F)C1CCCCC1. The van der Waals surface area contributed by atoms with E-state index in [0.29, 0.717) is 0 Å². The minimum absolute atomic E-state index is 0.0897. The second-order valence-corrected chi connectivity index (χ2v) is 5.59. The Morgan fingerprint density at radius 2 is 1.79 bits per heavy atom. The molecular weight excluding hydrogens is 275 g/mol. The molecule has 1 fully saturated rings. The highest BCUT2D eigenvalue weighted by Crippen LogP contribution is 2.40. The van der Waals surface area contributed by atoms with Crippen molar-refractivity contribution < 1.29 is 13.2 Å². The average Bonchev–Trinajstić information content (AvgIpc) is 2.38. The maximum atomic E-state index is 13.0. The van der Waals surface area contributed by atoms with Crippen LogP contribution in [0.15, 0.2) is 18.2 Å². The zero-order chi connectivity index (χ0) is 14.0. The van der Waals surface area contributed by atoms with Crippen molar-refractivity contribution in [3.8, 4) is 0 Å². The van der Waals surface area contributed by atoms with Crippen LogP contribution in [0.2, 0.25) is 5.02 Å². The summed E-state index contributed by atoms with van der Waals surface area (Å²) >= 11 is 5.67. The number of nitrogens with two attached hydrogens (primary N) is 1. The first-order valence-electron chi connectivity index (χ1n) is 6.52. The lowest BCUT2D eigenvalue weighted by Gasteiger charge is -2.29. The fraction of sp³-hybridized carbons (Fsp3) is 0.571. The Hall–Kier alpha value is -0.740. The minimum atomic E-state index is -4.41. The van der Waals surface area contributed by atoms with E-state index in [2.05, 4.69) is 0 Å². The van der Waals surface area contributed by atoms with Gasteiger partial charge in [-0.1, -0.05) is 36.9 Å². The Labute approximate surface area is 115 Å². The van der Waals surface area contributed by atoms with Gasteiger partial charge in [-0.05, 0) is 36.5 Å². The minimum Gasteiger partial charge on any atom is -0.324 e. The Bertz CT molecular complexity index is 439. The van der Waals surface area contributed by atoms with Gasteiger partial charge in [0.2, 0.25) is 0 Å². The van der Waals surface area contributed by atoms with Crippen LogP contribution >= 0.6 is 11.6 Å². The molecule has 1 aliphatic carbocycles. The average molecular weight is 292 g/mol. The highest BCUT2D eigenvalue weighted by molar-refractivity contribution is 6.30. The predicted octanol–water partition coefficient (Wildman–Crippen LogP) is 4.94. The van der Waals surface area contributed by atoms with Crippen LogP contribution in [0.3, 0.4) is 0 Å². The number of benzene rings is 1. The second-order valence-electron chi connectivity index (χ2n) is 5.15. The van der Waals surface area contributed by atoms with E-state index < -0.39 is 17.8 Å². The van der Waals surface area contributed by atoms with Crippen LogP contribution in [0.1, 0.15) is 49.3 Å². The van der Waals surface area contributed by atoms with Crippen molar-refractivity contribution in [2.45, 2.75) is 44.3 Å². The number of hydrogen-bond acceptors (Lipinski definition) is 1. The Morgan fingerprint density at radius 3 is 2.37 bits per heavy atom. The topological polar surface area (TPSA) is 26.0 Å². The van der Waals surface area contributed by atoms with Crippen LogP contribution in [0.25, 0.3) is 0 Å².